The zero-order valence-electron chi connectivity index (χ0n) is 16.5. The highest BCUT2D eigenvalue weighted by Gasteiger charge is 2.47. The highest BCUT2D eigenvalue weighted by atomic mass is 16.5. The summed E-state index contributed by atoms with van der Waals surface area (Å²) in [5.74, 6) is 1.93. The first-order valence-corrected chi connectivity index (χ1v) is 10.8. The lowest BCUT2D eigenvalue weighted by molar-refractivity contribution is 0.0210. The van der Waals surface area contributed by atoms with E-state index in [0.29, 0.717) is 29.6 Å². The number of rotatable bonds is 7. The SMILES string of the molecule is O=c1oc(CC2(CC3CCOCC3)CC2)cc(O)c1C1(CC2CC2)CC=CO1. The molecule has 4 aliphatic rings. The van der Waals surface area contributed by atoms with Crippen molar-refractivity contribution in [1.29, 1.82) is 0 Å². The van der Waals surface area contributed by atoms with Gasteiger partial charge in [-0.25, -0.2) is 4.79 Å². The van der Waals surface area contributed by atoms with Gasteiger partial charge >= 0.3 is 5.63 Å². The molecule has 152 valence electrons. The zero-order chi connectivity index (χ0) is 19.2. The molecule has 3 fully saturated rings. The Morgan fingerprint density at radius 3 is 2.43 bits per heavy atom. The number of hydrogen-bond acceptors (Lipinski definition) is 5. The summed E-state index contributed by atoms with van der Waals surface area (Å²) in [6.07, 6.45) is 13.8. The Hall–Kier alpha value is -1.75. The molecule has 28 heavy (non-hydrogen) atoms. The third-order valence-electron chi connectivity index (χ3n) is 7.16. The van der Waals surface area contributed by atoms with Crippen LogP contribution in [-0.4, -0.2) is 18.3 Å². The van der Waals surface area contributed by atoms with Crippen molar-refractivity contribution in [3.05, 3.63) is 40.1 Å². The van der Waals surface area contributed by atoms with Crippen LogP contribution in [0.2, 0.25) is 0 Å². The van der Waals surface area contributed by atoms with Gasteiger partial charge in [0.2, 0.25) is 0 Å². The van der Waals surface area contributed by atoms with Crippen molar-refractivity contribution in [2.75, 3.05) is 13.2 Å². The molecule has 5 rings (SSSR count). The van der Waals surface area contributed by atoms with Crippen LogP contribution in [0.3, 0.4) is 0 Å². The Morgan fingerprint density at radius 2 is 1.82 bits per heavy atom. The monoisotopic (exact) mass is 386 g/mol. The molecule has 1 aromatic rings. The molecule has 0 spiro atoms. The fourth-order valence-electron chi connectivity index (χ4n) is 5.25. The largest absolute Gasteiger partial charge is 0.507 e. The predicted octanol–water partition coefficient (Wildman–Crippen LogP) is 4.41. The van der Waals surface area contributed by atoms with Crippen molar-refractivity contribution >= 4 is 0 Å². The van der Waals surface area contributed by atoms with Crippen LogP contribution in [0, 0.1) is 17.3 Å². The van der Waals surface area contributed by atoms with E-state index in [1.165, 1.54) is 32.1 Å². The molecule has 5 heteroatoms. The molecule has 0 bridgehead atoms. The minimum absolute atomic E-state index is 0.0393. The third kappa shape index (κ3) is 3.61. The Balaban J connectivity index is 1.35. The number of hydrogen-bond donors (Lipinski definition) is 1. The highest BCUT2D eigenvalue weighted by molar-refractivity contribution is 5.37. The molecule has 0 radical (unpaired) electrons. The molecule has 1 saturated heterocycles. The average Bonchev–Trinajstić information content (AvgIpc) is 3.57. The van der Waals surface area contributed by atoms with E-state index in [2.05, 4.69) is 0 Å². The number of aromatic hydroxyl groups is 1. The fraction of sp³-hybridized carbons (Fsp3) is 0.696. The van der Waals surface area contributed by atoms with Crippen LogP contribution in [0.1, 0.15) is 69.1 Å². The second kappa shape index (κ2) is 6.94. The topological polar surface area (TPSA) is 68.9 Å². The highest BCUT2D eigenvalue weighted by Crippen LogP contribution is 2.54. The Labute approximate surface area is 165 Å². The predicted molar refractivity (Wildman–Crippen MR) is 104 cm³/mol. The van der Waals surface area contributed by atoms with Crippen molar-refractivity contribution in [1.82, 2.24) is 0 Å². The van der Waals surface area contributed by atoms with E-state index in [1.807, 2.05) is 6.08 Å². The Morgan fingerprint density at radius 1 is 1.07 bits per heavy atom. The van der Waals surface area contributed by atoms with Gasteiger partial charge in [0.1, 0.15) is 22.7 Å². The maximum absolute atomic E-state index is 12.9. The first-order chi connectivity index (χ1) is 13.6. The van der Waals surface area contributed by atoms with Crippen LogP contribution < -0.4 is 5.63 Å². The summed E-state index contributed by atoms with van der Waals surface area (Å²) in [5.41, 5.74) is -0.629. The normalized spacial score (nSPS) is 29.0. The molecular formula is C23H30O5. The van der Waals surface area contributed by atoms with E-state index in [-0.39, 0.29) is 11.2 Å². The maximum atomic E-state index is 12.9. The molecule has 1 atom stereocenters. The van der Waals surface area contributed by atoms with E-state index >= 15 is 0 Å². The molecule has 2 aliphatic heterocycles. The standard InChI is InChI=1S/C23H30O5/c24-19-12-18(15-22(7-8-22)13-17-4-10-26-11-5-17)28-21(25)20(19)23(6-1-9-27-23)14-16-2-3-16/h1,9,12,16-17,24H,2-8,10-11,13-15H2. The minimum atomic E-state index is -0.746. The van der Waals surface area contributed by atoms with E-state index in [9.17, 15) is 9.90 Å². The molecule has 1 N–H and O–H groups in total. The van der Waals surface area contributed by atoms with Crippen molar-refractivity contribution in [3.63, 3.8) is 0 Å². The third-order valence-corrected chi connectivity index (χ3v) is 7.16. The van der Waals surface area contributed by atoms with Gasteiger partial charge in [-0.2, -0.15) is 0 Å². The minimum Gasteiger partial charge on any atom is -0.507 e. The second-order valence-electron chi connectivity index (χ2n) is 9.53. The molecule has 2 aliphatic carbocycles. The van der Waals surface area contributed by atoms with E-state index in [4.69, 9.17) is 13.9 Å². The van der Waals surface area contributed by atoms with Crippen LogP contribution in [0.25, 0.3) is 0 Å². The summed E-state index contributed by atoms with van der Waals surface area (Å²) in [6, 6.07) is 1.68. The summed E-state index contributed by atoms with van der Waals surface area (Å²) in [4.78, 5) is 12.9. The van der Waals surface area contributed by atoms with Crippen molar-refractivity contribution < 1.29 is 19.0 Å². The Kier molecular flexibility index (Phi) is 4.53. The van der Waals surface area contributed by atoms with E-state index < -0.39 is 11.2 Å². The van der Waals surface area contributed by atoms with Gasteiger partial charge in [0, 0.05) is 32.1 Å². The summed E-state index contributed by atoms with van der Waals surface area (Å²) in [5, 5.41) is 10.8. The molecule has 1 unspecified atom stereocenters. The van der Waals surface area contributed by atoms with Gasteiger partial charge < -0.3 is 19.0 Å². The van der Waals surface area contributed by atoms with Crippen LogP contribution in [0.5, 0.6) is 5.75 Å². The summed E-state index contributed by atoms with van der Waals surface area (Å²) in [7, 11) is 0. The van der Waals surface area contributed by atoms with Gasteiger partial charge in [0.05, 0.1) is 6.26 Å². The summed E-state index contributed by atoms with van der Waals surface area (Å²) >= 11 is 0. The van der Waals surface area contributed by atoms with Crippen LogP contribution in [0.15, 0.2) is 27.6 Å². The van der Waals surface area contributed by atoms with Crippen molar-refractivity contribution in [2.24, 2.45) is 17.3 Å². The van der Waals surface area contributed by atoms with Gasteiger partial charge in [-0.15, -0.1) is 0 Å². The van der Waals surface area contributed by atoms with E-state index in [0.717, 1.165) is 38.9 Å². The van der Waals surface area contributed by atoms with Gasteiger partial charge in [-0.05, 0) is 61.9 Å². The average molecular weight is 386 g/mol. The van der Waals surface area contributed by atoms with Crippen molar-refractivity contribution in [3.8, 4) is 5.75 Å². The number of ether oxygens (including phenoxy) is 2. The lowest BCUT2D eigenvalue weighted by Gasteiger charge is -2.29. The molecule has 1 aromatic heterocycles. The summed E-state index contributed by atoms with van der Waals surface area (Å²) < 4.78 is 17.1. The second-order valence-corrected chi connectivity index (χ2v) is 9.53. The molecule has 5 nitrogen and oxygen atoms in total. The van der Waals surface area contributed by atoms with Gasteiger partial charge in [0.15, 0.2) is 0 Å². The van der Waals surface area contributed by atoms with Crippen molar-refractivity contribution in [2.45, 2.75) is 69.8 Å². The van der Waals surface area contributed by atoms with E-state index in [1.54, 1.807) is 12.3 Å². The zero-order valence-corrected chi connectivity index (χ0v) is 16.5. The Bertz CT molecular complexity index is 801. The fourth-order valence-corrected chi connectivity index (χ4v) is 5.25. The lowest BCUT2D eigenvalue weighted by atomic mass is 9.83. The van der Waals surface area contributed by atoms with Crippen LogP contribution in [-0.2, 0) is 21.5 Å². The lowest BCUT2D eigenvalue weighted by Crippen LogP contribution is -2.32. The molecule has 2 saturated carbocycles. The van der Waals surface area contributed by atoms with Gasteiger partial charge in [-0.1, -0.05) is 12.8 Å². The quantitative estimate of drug-likeness (QED) is 0.751. The molecular weight excluding hydrogens is 356 g/mol. The van der Waals surface area contributed by atoms with Gasteiger partial charge in [-0.3, -0.25) is 0 Å². The van der Waals surface area contributed by atoms with Gasteiger partial charge in [0.25, 0.3) is 0 Å². The van der Waals surface area contributed by atoms with Crippen LogP contribution in [0.4, 0.5) is 0 Å². The van der Waals surface area contributed by atoms with Crippen LogP contribution >= 0.6 is 0 Å². The first kappa shape index (κ1) is 18.3. The molecule has 3 heterocycles. The maximum Gasteiger partial charge on any atom is 0.346 e. The first-order valence-electron chi connectivity index (χ1n) is 10.8. The molecule has 0 amide bonds. The summed E-state index contributed by atoms with van der Waals surface area (Å²) in [6.45, 7) is 1.73. The smallest absolute Gasteiger partial charge is 0.346 e. The molecule has 0 aromatic carbocycles.